The molecule has 1 aromatic heterocycles. The lowest BCUT2D eigenvalue weighted by Crippen LogP contribution is -2.26. The largest absolute Gasteiger partial charge is 0.484 e. The molecule has 3 aromatic rings. The summed E-state index contributed by atoms with van der Waals surface area (Å²) >= 11 is 0. The smallest absolute Gasteiger partial charge is 0.337 e. The fourth-order valence-corrected chi connectivity index (χ4v) is 5.83. The first-order valence-corrected chi connectivity index (χ1v) is 18.1. The number of aliphatic imine (C=N–C) groups is 1. The lowest BCUT2D eigenvalue weighted by molar-refractivity contribution is -0.384. The molecule has 296 valence electrons. The van der Waals surface area contributed by atoms with Crippen molar-refractivity contribution in [2.75, 3.05) is 33.1 Å². The van der Waals surface area contributed by atoms with Gasteiger partial charge in [-0.25, -0.2) is 9.78 Å². The molecule has 4 N–H and O–H groups in total. The Kier molecular flexibility index (Phi) is 19.6. The van der Waals surface area contributed by atoms with Crippen molar-refractivity contribution in [3.8, 4) is 0 Å². The summed E-state index contributed by atoms with van der Waals surface area (Å²) in [5.74, 6) is 0.726. The number of aryl methyl sites for hydroxylation is 1. The van der Waals surface area contributed by atoms with Crippen molar-refractivity contribution < 1.29 is 35.0 Å². The van der Waals surface area contributed by atoms with E-state index in [1.54, 1.807) is 11.7 Å². The van der Waals surface area contributed by atoms with Crippen LogP contribution in [-0.4, -0.2) is 69.6 Å². The maximum Gasteiger partial charge on any atom is 0.337 e. The van der Waals surface area contributed by atoms with E-state index in [1.165, 1.54) is 56.7 Å². The van der Waals surface area contributed by atoms with E-state index < -0.39 is 23.0 Å². The van der Waals surface area contributed by atoms with Crippen LogP contribution >= 0.6 is 0 Å². The average molecular weight is 759 g/mol. The fraction of sp³-hybridized carbons (Fsp3) is 0.541. The Balaban J connectivity index is 0.000000260. The van der Waals surface area contributed by atoms with Gasteiger partial charge in [-0.05, 0) is 50.7 Å². The molecule has 16 nitrogen and oxygen atoms in total. The number of halogens is 1. The molecule has 0 unspecified atom stereocenters. The first-order chi connectivity index (χ1) is 26.4. The number of carbonyl (C=O) groups is 2. The number of methoxy groups -OCH3 is 1. The number of hydrogen-bond donors (Lipinski definition) is 3. The van der Waals surface area contributed by atoms with Crippen LogP contribution in [-0.2, 0) is 22.5 Å². The molecule has 0 bridgehead atoms. The number of benzene rings is 2. The van der Waals surface area contributed by atoms with Crippen molar-refractivity contribution in [3.63, 3.8) is 0 Å². The van der Waals surface area contributed by atoms with Crippen molar-refractivity contribution in [1.29, 1.82) is 0 Å². The van der Waals surface area contributed by atoms with Gasteiger partial charge in [-0.2, -0.15) is 0 Å². The van der Waals surface area contributed by atoms with Gasteiger partial charge in [0, 0.05) is 63.2 Å². The number of nitro benzene ring substituents is 2. The number of nitrogens with zero attached hydrogens (tertiary/aromatic N) is 5. The molecule has 0 radical (unpaired) electrons. The number of anilines is 1. The molecule has 6 rings (SSSR count). The minimum Gasteiger partial charge on any atom is -0.484 e. The van der Waals surface area contributed by atoms with Crippen molar-refractivity contribution in [3.05, 3.63) is 78.4 Å². The Bertz CT molecular complexity index is 1800. The number of carboxylic acids is 1. The van der Waals surface area contributed by atoms with Crippen LogP contribution < -0.4 is 16.6 Å². The summed E-state index contributed by atoms with van der Waals surface area (Å²) in [7, 11) is 0.709. The molecule has 1 fully saturated rings. The molecule has 17 heteroatoms. The number of hydrogen-bond acceptors (Lipinski definition) is 11. The van der Waals surface area contributed by atoms with Crippen LogP contribution in [0.5, 0.6) is 0 Å². The molecule has 1 saturated heterocycles. The summed E-state index contributed by atoms with van der Waals surface area (Å²) in [5, 5.41) is 32.9. The number of rotatable bonds is 3. The second kappa shape index (κ2) is 24.7. The van der Waals surface area contributed by atoms with Gasteiger partial charge in [-0.3, -0.25) is 43.8 Å². The number of ether oxygens (including phenoxy) is 1. The highest BCUT2D eigenvalue weighted by atomic mass is 19.1. The van der Waals surface area contributed by atoms with Gasteiger partial charge in [0.15, 0.2) is 5.90 Å². The van der Waals surface area contributed by atoms with Crippen molar-refractivity contribution >= 4 is 45.7 Å². The van der Waals surface area contributed by atoms with Gasteiger partial charge in [0.05, 0.1) is 47.6 Å². The van der Waals surface area contributed by atoms with E-state index in [-0.39, 0.29) is 34.1 Å². The van der Waals surface area contributed by atoms with E-state index in [0.717, 1.165) is 101 Å². The second-order valence-corrected chi connectivity index (χ2v) is 12.6. The lowest BCUT2D eigenvalue weighted by Gasteiger charge is -2.16. The van der Waals surface area contributed by atoms with E-state index in [0.29, 0.717) is 17.4 Å². The minimum atomic E-state index is -1.20. The Morgan fingerprint density at radius 2 is 1.50 bits per heavy atom. The van der Waals surface area contributed by atoms with Gasteiger partial charge in [-0.1, -0.05) is 38.5 Å². The van der Waals surface area contributed by atoms with Crippen molar-refractivity contribution in [1.82, 2.24) is 14.9 Å². The number of alkyl halides is 1. The number of aromatic carboxylic acids is 1. The van der Waals surface area contributed by atoms with E-state index >= 15 is 0 Å². The Morgan fingerprint density at radius 1 is 0.907 bits per heavy atom. The predicted molar refractivity (Wildman–Crippen MR) is 205 cm³/mol. The number of carbonyl (C=O) groups excluding carboxylic acids is 1. The van der Waals surface area contributed by atoms with Crippen LogP contribution in [0.4, 0.5) is 21.5 Å². The number of nitrogen functional groups attached to an aromatic ring is 1. The van der Waals surface area contributed by atoms with Gasteiger partial charge < -0.3 is 20.9 Å². The monoisotopic (exact) mass is 758 g/mol. The zero-order chi connectivity index (χ0) is 40.6. The molecule has 54 heavy (non-hydrogen) atoms. The summed E-state index contributed by atoms with van der Waals surface area (Å²) in [5.41, 5.74) is 5.13. The van der Waals surface area contributed by atoms with Gasteiger partial charge in [0.2, 0.25) is 5.91 Å². The molecule has 3 aliphatic rings. The van der Waals surface area contributed by atoms with E-state index in [4.69, 9.17) is 16.9 Å². The maximum absolute atomic E-state index is 12.5. The topological polar surface area (TPSA) is 235 Å². The zero-order valence-electron chi connectivity index (χ0n) is 31.8. The first kappa shape index (κ1) is 42.9. The molecular formula is C37H52FN7O9. The summed E-state index contributed by atoms with van der Waals surface area (Å²) in [6.45, 7) is 2.54. The number of fused-ring (bicyclic) bond motifs is 2. The molecular weight excluding hydrogens is 705 g/mol. The Labute approximate surface area is 314 Å². The number of nitrogens with two attached hydrogens (primary N) is 1. The summed E-state index contributed by atoms with van der Waals surface area (Å²) in [6.07, 6.45) is 16.7. The number of nitro groups is 2. The normalized spacial score (nSPS) is 15.9. The van der Waals surface area contributed by atoms with Crippen molar-refractivity contribution in [2.45, 2.75) is 103 Å². The van der Waals surface area contributed by atoms with Gasteiger partial charge in [0.25, 0.3) is 16.9 Å². The molecule has 0 atom stereocenters. The van der Waals surface area contributed by atoms with Crippen LogP contribution in [0.25, 0.3) is 10.9 Å². The third-order valence-electron chi connectivity index (χ3n) is 8.71. The molecule has 1 amide bonds. The summed E-state index contributed by atoms with van der Waals surface area (Å²) in [4.78, 5) is 62.4. The quantitative estimate of drug-likeness (QED) is 0.140. The van der Waals surface area contributed by atoms with Crippen LogP contribution in [0.3, 0.4) is 0 Å². The highest BCUT2D eigenvalue weighted by molar-refractivity contribution is 5.94. The van der Waals surface area contributed by atoms with Crippen LogP contribution in [0, 0.1) is 20.2 Å². The average Bonchev–Trinajstić information content (AvgIpc) is 3.11. The number of aromatic nitrogens is 2. The standard InChI is InChI=1S/C14H15N3O3.C8H15NO.C7H6N2O4.C7H13NO.CH3F/c18-14-11-7-6-10(17(19)20)9-12(11)15-13-5-3-1-2-4-8-16(13)14;1-10-8-6-4-2-3-5-7-9-8;8-6-3-4(9(12)13)1-2-5(6)7(10)11;9-7-5-3-1-2-4-6-8-7;1-2/h6-7,9H,1-5,8H2;2-7H2,1H3;1-3H,8H2,(H,10,11);1-6H2,(H,8,9);1H3/i;;;;1D. The highest BCUT2D eigenvalue weighted by Crippen LogP contribution is 2.21. The van der Waals surface area contributed by atoms with E-state index in [1.807, 2.05) is 0 Å². The summed E-state index contributed by atoms with van der Waals surface area (Å²) in [6, 6.07) is 7.48. The van der Waals surface area contributed by atoms with Gasteiger partial charge >= 0.3 is 5.97 Å². The molecule has 4 heterocycles. The fourth-order valence-electron chi connectivity index (χ4n) is 5.83. The second-order valence-electron chi connectivity index (χ2n) is 12.6. The number of non-ortho nitro benzene ring substituents is 2. The third kappa shape index (κ3) is 15.2. The first-order valence-electron chi connectivity index (χ1n) is 18.8. The molecule has 0 saturated carbocycles. The maximum atomic E-state index is 12.5. The van der Waals surface area contributed by atoms with Crippen LogP contribution in [0.15, 0.2) is 46.2 Å². The van der Waals surface area contributed by atoms with Gasteiger partial charge in [0.1, 0.15) is 5.82 Å². The molecule has 2 aromatic carbocycles. The zero-order valence-corrected chi connectivity index (χ0v) is 30.8. The molecule has 0 aliphatic carbocycles. The minimum absolute atomic E-state index is 0.0276. The number of carboxylic acid groups (broad SMARTS) is 1. The number of amides is 1. The van der Waals surface area contributed by atoms with Crippen LogP contribution in [0.1, 0.15) is 107 Å². The lowest BCUT2D eigenvalue weighted by atomic mass is 10.1. The summed E-state index contributed by atoms with van der Waals surface area (Å²) < 4.78 is 22.3. The molecule has 0 spiro atoms. The SMILES string of the molecule is COC1=NCCCCCC1.Nc1cc([N+](=O)[O-])ccc1C(=O)O.O=C1CCCCCCN1.O=c1c2ccc([N+](=O)[O-])cc2nc2n1CCCCCC2.[2H]CF. The third-order valence-corrected chi connectivity index (χ3v) is 8.71. The Hall–Kier alpha value is -5.48. The van der Waals surface area contributed by atoms with Crippen molar-refractivity contribution in [2.24, 2.45) is 4.99 Å². The number of nitrogens with one attached hydrogen (secondary N) is 1. The Morgan fingerprint density at radius 3 is 2.15 bits per heavy atom. The van der Waals surface area contributed by atoms with Gasteiger partial charge in [-0.15, -0.1) is 0 Å². The van der Waals surface area contributed by atoms with Crippen LogP contribution in [0.2, 0.25) is 0 Å². The van der Waals surface area contributed by atoms with E-state index in [9.17, 15) is 39.0 Å². The molecule has 3 aliphatic heterocycles. The highest BCUT2D eigenvalue weighted by Gasteiger charge is 2.16. The predicted octanol–water partition coefficient (Wildman–Crippen LogP) is 6.94. The van der Waals surface area contributed by atoms with E-state index in [2.05, 4.69) is 15.3 Å².